The summed E-state index contributed by atoms with van der Waals surface area (Å²) in [6.07, 6.45) is -5.97. The van der Waals surface area contributed by atoms with Crippen molar-refractivity contribution in [3.63, 3.8) is 0 Å². The second kappa shape index (κ2) is 30.7. The first-order chi connectivity index (χ1) is 38.6. The number of hydrogen-bond acceptors (Lipinski definition) is 11. The molecule has 406 valence electrons. The van der Waals surface area contributed by atoms with Gasteiger partial charge in [-0.1, -0.05) is 224 Å². The van der Waals surface area contributed by atoms with Gasteiger partial charge in [0.2, 0.25) is 0 Å². The van der Waals surface area contributed by atoms with Crippen LogP contribution >= 0.6 is 0 Å². The van der Waals surface area contributed by atoms with Gasteiger partial charge in [-0.2, -0.15) is 0 Å². The Kier molecular flexibility index (Phi) is 22.1. The van der Waals surface area contributed by atoms with Gasteiger partial charge in [-0.05, 0) is 38.9 Å². The molecule has 1 unspecified atom stereocenters. The molecule has 11 heteroatoms. The molecule has 9 rings (SSSR count). The van der Waals surface area contributed by atoms with E-state index >= 15 is 0 Å². The minimum Gasteiger partial charge on any atom is -0.374 e. The molecule has 0 amide bonds. The highest BCUT2D eigenvalue weighted by molar-refractivity contribution is 5.20. The molecule has 2 aliphatic rings. The number of rotatable bonds is 30. The van der Waals surface area contributed by atoms with E-state index in [2.05, 4.69) is 13.2 Å². The maximum Gasteiger partial charge on any atom is 0.187 e. The fourth-order valence-electron chi connectivity index (χ4n) is 9.90. The van der Waals surface area contributed by atoms with Gasteiger partial charge < -0.3 is 52.1 Å². The smallest absolute Gasteiger partial charge is 0.187 e. The zero-order valence-electron chi connectivity index (χ0n) is 44.2. The van der Waals surface area contributed by atoms with Gasteiger partial charge in [-0.25, -0.2) is 0 Å². The van der Waals surface area contributed by atoms with Crippen molar-refractivity contribution >= 4 is 0 Å². The molecule has 2 aliphatic heterocycles. The third kappa shape index (κ3) is 16.3. The predicted octanol–water partition coefficient (Wildman–Crippen LogP) is 12.0. The molecule has 0 radical (unpaired) electrons. The van der Waals surface area contributed by atoms with Gasteiger partial charge in [0.25, 0.3) is 0 Å². The van der Waals surface area contributed by atoms with E-state index in [1.807, 2.05) is 212 Å². The van der Waals surface area contributed by atoms with Crippen LogP contribution in [0.5, 0.6) is 0 Å². The van der Waals surface area contributed by atoms with Crippen molar-refractivity contribution in [3.05, 3.63) is 277 Å². The van der Waals surface area contributed by atoms with Crippen LogP contribution in [0.2, 0.25) is 0 Å². The fourth-order valence-corrected chi connectivity index (χ4v) is 9.90. The van der Waals surface area contributed by atoms with Gasteiger partial charge in [-0.15, -0.1) is 13.2 Å². The van der Waals surface area contributed by atoms with E-state index in [0.717, 1.165) is 38.9 Å². The van der Waals surface area contributed by atoms with Crippen molar-refractivity contribution in [3.8, 4) is 0 Å². The molecule has 2 saturated heterocycles. The first-order valence-corrected chi connectivity index (χ1v) is 26.9. The van der Waals surface area contributed by atoms with Crippen molar-refractivity contribution in [1.82, 2.24) is 0 Å². The van der Waals surface area contributed by atoms with E-state index in [4.69, 9.17) is 52.1 Å². The molecule has 11 nitrogen and oxygen atoms in total. The molecule has 2 fully saturated rings. The molecule has 7 aromatic rings. The lowest BCUT2D eigenvalue weighted by molar-refractivity contribution is -0.352. The lowest BCUT2D eigenvalue weighted by Crippen LogP contribution is -2.70. The number of hydrogen-bond donors (Lipinski definition) is 0. The summed E-state index contributed by atoms with van der Waals surface area (Å²) >= 11 is 0. The van der Waals surface area contributed by atoms with Crippen LogP contribution in [0.3, 0.4) is 0 Å². The molecule has 78 heavy (non-hydrogen) atoms. The monoisotopic (exact) mass is 1050 g/mol. The molecule has 2 heterocycles. The molecule has 0 saturated carbocycles. The van der Waals surface area contributed by atoms with Crippen molar-refractivity contribution in [1.29, 1.82) is 0 Å². The Hall–Kier alpha value is -6.42. The van der Waals surface area contributed by atoms with E-state index in [1.165, 1.54) is 0 Å². The van der Waals surface area contributed by atoms with Crippen molar-refractivity contribution in [2.45, 2.75) is 114 Å². The Morgan fingerprint density at radius 1 is 0.333 bits per heavy atom. The minimum absolute atomic E-state index is 0.113. The largest absolute Gasteiger partial charge is 0.374 e. The average Bonchev–Trinajstić information content (AvgIpc) is 3.59. The van der Waals surface area contributed by atoms with Crippen LogP contribution in [0.25, 0.3) is 0 Å². The third-order valence-electron chi connectivity index (χ3n) is 13.7. The Morgan fingerprint density at radius 3 is 1.01 bits per heavy atom. The lowest BCUT2D eigenvalue weighted by Gasteiger charge is -2.52. The molecular weight excluding hydrogens is 981 g/mol. The average molecular weight is 1050 g/mol. The zero-order chi connectivity index (χ0) is 53.4. The van der Waals surface area contributed by atoms with Crippen molar-refractivity contribution < 1.29 is 52.1 Å². The van der Waals surface area contributed by atoms with Gasteiger partial charge >= 0.3 is 0 Å². The normalized spacial score (nSPS) is 23.5. The fraction of sp³-hybridized carbons (Fsp3) is 0.313. The molecule has 0 aromatic heterocycles. The number of ether oxygens (including phenoxy) is 11. The van der Waals surface area contributed by atoms with Gasteiger partial charge in [0, 0.05) is 0 Å². The van der Waals surface area contributed by atoms with Crippen LogP contribution in [-0.2, 0) is 98.4 Å². The van der Waals surface area contributed by atoms with Crippen LogP contribution in [-0.4, -0.2) is 87.2 Å². The third-order valence-corrected chi connectivity index (χ3v) is 13.7. The van der Waals surface area contributed by atoms with Gasteiger partial charge in [0.15, 0.2) is 6.29 Å². The maximum absolute atomic E-state index is 7.57. The highest BCUT2D eigenvalue weighted by atomic mass is 16.7. The summed E-state index contributed by atoms with van der Waals surface area (Å²) in [7, 11) is 0. The van der Waals surface area contributed by atoms with Gasteiger partial charge in [0.1, 0.15) is 61.0 Å². The first kappa shape index (κ1) is 56.3. The van der Waals surface area contributed by atoms with Crippen molar-refractivity contribution in [2.24, 2.45) is 0 Å². The number of benzene rings is 7. The predicted molar refractivity (Wildman–Crippen MR) is 300 cm³/mol. The van der Waals surface area contributed by atoms with Crippen LogP contribution < -0.4 is 0 Å². The molecule has 0 spiro atoms. The standard InChI is InChI=1S/C67H72O11/c1-3-40-69-63(65-61(74-46-54-34-20-9-21-35-54)62(75-47-55-36-22-10-23-37-55)66(67(78-65)70-41-4-2)76-48-56-38-24-11-25-39-56)64-60(73-45-53-32-18-8-19-33-53)59(72-44-52-30-16-7-17-31-52)58(71-43-51-28-14-6-15-29-51)57(77-64)49-68-42-50-26-12-5-13-27-50/h3-39,57-67H,1-2,40-49H2/t57-,58-,59+,60+,61+,62+,63?,64-,65+,66+,67+/m1/s1. The van der Waals surface area contributed by atoms with Gasteiger partial charge in [-0.3, -0.25) is 0 Å². The molecule has 0 bridgehead atoms. The van der Waals surface area contributed by atoms with E-state index in [9.17, 15) is 0 Å². The molecular formula is C67H72O11. The van der Waals surface area contributed by atoms with E-state index in [0.29, 0.717) is 6.61 Å². The van der Waals surface area contributed by atoms with Crippen LogP contribution in [0.15, 0.2) is 238 Å². The Balaban J connectivity index is 1.17. The Bertz CT molecular complexity index is 2740. The minimum atomic E-state index is -1.01. The quantitative estimate of drug-likeness (QED) is 0.0402. The molecule has 7 aromatic carbocycles. The summed E-state index contributed by atoms with van der Waals surface area (Å²) in [6.45, 7) is 10.3. The summed E-state index contributed by atoms with van der Waals surface area (Å²) < 4.78 is 78.2. The summed E-state index contributed by atoms with van der Waals surface area (Å²) in [5.41, 5.74) is 6.84. The summed E-state index contributed by atoms with van der Waals surface area (Å²) in [4.78, 5) is 0. The lowest BCUT2D eigenvalue weighted by atomic mass is 9.85. The van der Waals surface area contributed by atoms with Crippen LogP contribution in [0.1, 0.15) is 38.9 Å². The maximum atomic E-state index is 7.57. The molecule has 0 aliphatic carbocycles. The highest BCUT2D eigenvalue weighted by Gasteiger charge is 2.58. The Morgan fingerprint density at radius 2 is 0.641 bits per heavy atom. The summed E-state index contributed by atoms with van der Waals surface area (Å²) in [5.74, 6) is 0. The highest BCUT2D eigenvalue weighted by Crippen LogP contribution is 2.40. The van der Waals surface area contributed by atoms with E-state index in [-0.39, 0.29) is 59.5 Å². The van der Waals surface area contributed by atoms with Crippen LogP contribution in [0.4, 0.5) is 0 Å². The second-order valence-electron chi connectivity index (χ2n) is 19.4. The van der Waals surface area contributed by atoms with E-state index < -0.39 is 67.3 Å². The van der Waals surface area contributed by atoms with E-state index in [1.54, 1.807) is 12.2 Å². The molecule has 11 atom stereocenters. The summed E-state index contributed by atoms with van der Waals surface area (Å²) in [5, 5.41) is 0. The zero-order valence-corrected chi connectivity index (χ0v) is 44.2. The topological polar surface area (TPSA) is 102 Å². The SMILES string of the molecule is C=CCOC([C@H]1O[C@H](OCC=C)[C@@H](OCc2ccccc2)[C@@H](OCc2ccccc2)[C@@H]1OCc1ccccc1)[C@@H]1O[C@H](COCc2ccccc2)[C@@H](OCc2ccccc2)[C@H](OCc2ccccc2)[C@@H]1OCc1ccccc1. The molecule has 0 N–H and O–H groups in total. The van der Waals surface area contributed by atoms with Gasteiger partial charge in [0.05, 0.1) is 66.1 Å². The van der Waals surface area contributed by atoms with Crippen molar-refractivity contribution in [2.75, 3.05) is 19.8 Å². The van der Waals surface area contributed by atoms with Crippen LogP contribution in [0, 0.1) is 0 Å². The Labute approximate surface area is 460 Å². The first-order valence-electron chi connectivity index (χ1n) is 26.9. The second-order valence-corrected chi connectivity index (χ2v) is 19.4. The summed E-state index contributed by atoms with van der Waals surface area (Å²) in [6, 6.07) is 70.4.